The first kappa shape index (κ1) is 15.0. The van der Waals surface area contributed by atoms with Gasteiger partial charge in [0.1, 0.15) is 0 Å². The molecule has 0 spiro atoms. The quantitative estimate of drug-likeness (QED) is 0.832. The number of pyridine rings is 1. The SMILES string of the molecule is O=C(CNCc1cccnc1)Nc1ccc(F)c(F)c1F. The Morgan fingerprint density at radius 2 is 1.95 bits per heavy atom. The molecule has 7 heteroatoms. The molecule has 2 N–H and O–H groups in total. The number of benzene rings is 1. The second kappa shape index (κ2) is 6.85. The maximum Gasteiger partial charge on any atom is 0.238 e. The van der Waals surface area contributed by atoms with Crippen molar-refractivity contribution in [1.82, 2.24) is 10.3 Å². The van der Waals surface area contributed by atoms with Crippen LogP contribution in [0.15, 0.2) is 36.7 Å². The van der Waals surface area contributed by atoms with Gasteiger partial charge in [-0.1, -0.05) is 6.07 Å². The number of amides is 1. The summed E-state index contributed by atoms with van der Waals surface area (Å²) >= 11 is 0. The average molecular weight is 295 g/mol. The molecular weight excluding hydrogens is 283 g/mol. The van der Waals surface area contributed by atoms with Crippen molar-refractivity contribution in [2.75, 3.05) is 11.9 Å². The summed E-state index contributed by atoms with van der Waals surface area (Å²) in [5.74, 6) is -4.91. The van der Waals surface area contributed by atoms with E-state index in [2.05, 4.69) is 15.6 Å². The molecule has 0 aliphatic heterocycles. The van der Waals surface area contributed by atoms with Crippen LogP contribution in [0.3, 0.4) is 0 Å². The Labute approximate surface area is 119 Å². The minimum Gasteiger partial charge on any atom is -0.322 e. The molecule has 1 aromatic heterocycles. The van der Waals surface area contributed by atoms with Crippen molar-refractivity contribution < 1.29 is 18.0 Å². The fourth-order valence-electron chi connectivity index (χ4n) is 1.64. The lowest BCUT2D eigenvalue weighted by Gasteiger charge is -2.08. The lowest BCUT2D eigenvalue weighted by Crippen LogP contribution is -2.28. The van der Waals surface area contributed by atoms with E-state index in [0.717, 1.165) is 17.7 Å². The van der Waals surface area contributed by atoms with Gasteiger partial charge in [0.15, 0.2) is 17.5 Å². The normalized spacial score (nSPS) is 10.4. The van der Waals surface area contributed by atoms with Crippen molar-refractivity contribution in [2.45, 2.75) is 6.54 Å². The molecule has 1 aromatic carbocycles. The molecule has 0 aliphatic carbocycles. The van der Waals surface area contributed by atoms with E-state index in [1.807, 2.05) is 6.07 Å². The monoisotopic (exact) mass is 295 g/mol. The van der Waals surface area contributed by atoms with Crippen LogP contribution in [0.4, 0.5) is 18.9 Å². The van der Waals surface area contributed by atoms with Crippen molar-refractivity contribution in [2.24, 2.45) is 0 Å². The number of aromatic nitrogens is 1. The molecule has 1 amide bonds. The summed E-state index contributed by atoms with van der Waals surface area (Å²) in [5.41, 5.74) is 0.478. The van der Waals surface area contributed by atoms with Crippen LogP contribution in [-0.2, 0) is 11.3 Å². The van der Waals surface area contributed by atoms with Crippen LogP contribution in [0.25, 0.3) is 0 Å². The van der Waals surface area contributed by atoms with Crippen molar-refractivity contribution in [3.05, 3.63) is 59.7 Å². The predicted molar refractivity (Wildman–Crippen MR) is 70.9 cm³/mol. The molecule has 21 heavy (non-hydrogen) atoms. The van der Waals surface area contributed by atoms with E-state index >= 15 is 0 Å². The number of nitrogens with zero attached hydrogens (tertiary/aromatic N) is 1. The zero-order valence-electron chi connectivity index (χ0n) is 10.9. The molecule has 1 heterocycles. The van der Waals surface area contributed by atoms with Crippen LogP contribution in [0, 0.1) is 17.5 Å². The second-order valence-corrected chi connectivity index (χ2v) is 4.24. The molecule has 2 aromatic rings. The van der Waals surface area contributed by atoms with Crippen LogP contribution in [0.2, 0.25) is 0 Å². The molecule has 0 saturated heterocycles. The van der Waals surface area contributed by atoms with Crippen LogP contribution in [-0.4, -0.2) is 17.4 Å². The van der Waals surface area contributed by atoms with Gasteiger partial charge < -0.3 is 10.6 Å². The highest BCUT2D eigenvalue weighted by Crippen LogP contribution is 2.19. The van der Waals surface area contributed by atoms with Gasteiger partial charge in [0.25, 0.3) is 0 Å². The number of halogens is 3. The molecule has 0 radical (unpaired) electrons. The third-order valence-electron chi connectivity index (χ3n) is 2.65. The van der Waals surface area contributed by atoms with Crippen LogP contribution in [0.1, 0.15) is 5.56 Å². The van der Waals surface area contributed by atoms with Gasteiger partial charge in [-0.2, -0.15) is 0 Å². The van der Waals surface area contributed by atoms with Crippen LogP contribution >= 0.6 is 0 Å². The second-order valence-electron chi connectivity index (χ2n) is 4.24. The number of carbonyl (C=O) groups excluding carboxylic acids is 1. The van der Waals surface area contributed by atoms with Gasteiger partial charge in [0.2, 0.25) is 5.91 Å². The van der Waals surface area contributed by atoms with Crippen LogP contribution < -0.4 is 10.6 Å². The van der Waals surface area contributed by atoms with E-state index in [0.29, 0.717) is 6.54 Å². The number of hydrogen-bond acceptors (Lipinski definition) is 3. The van der Waals surface area contributed by atoms with Gasteiger partial charge in [-0.15, -0.1) is 0 Å². The average Bonchev–Trinajstić information content (AvgIpc) is 2.49. The molecule has 4 nitrogen and oxygen atoms in total. The third kappa shape index (κ3) is 4.03. The summed E-state index contributed by atoms with van der Waals surface area (Å²) in [6, 6.07) is 5.30. The Hall–Kier alpha value is -2.41. The number of hydrogen-bond donors (Lipinski definition) is 2. The number of nitrogens with one attached hydrogen (secondary N) is 2. The molecule has 0 unspecified atom stereocenters. The third-order valence-corrected chi connectivity index (χ3v) is 2.65. The molecule has 0 bridgehead atoms. The maximum absolute atomic E-state index is 13.4. The van der Waals surface area contributed by atoms with Gasteiger partial charge in [0, 0.05) is 18.9 Å². The van der Waals surface area contributed by atoms with Crippen LogP contribution in [0.5, 0.6) is 0 Å². The zero-order chi connectivity index (χ0) is 15.2. The van der Waals surface area contributed by atoms with E-state index in [4.69, 9.17) is 0 Å². The largest absolute Gasteiger partial charge is 0.322 e. The van der Waals surface area contributed by atoms with Crippen molar-refractivity contribution >= 4 is 11.6 Å². The van der Waals surface area contributed by atoms with Gasteiger partial charge in [-0.3, -0.25) is 9.78 Å². The lowest BCUT2D eigenvalue weighted by atomic mass is 10.2. The van der Waals surface area contributed by atoms with Gasteiger partial charge >= 0.3 is 0 Å². The predicted octanol–water partition coefficient (Wildman–Crippen LogP) is 2.23. The molecule has 0 aliphatic rings. The van der Waals surface area contributed by atoms with E-state index in [1.54, 1.807) is 18.5 Å². The number of rotatable bonds is 5. The zero-order valence-corrected chi connectivity index (χ0v) is 10.9. The van der Waals surface area contributed by atoms with Gasteiger partial charge in [-0.25, -0.2) is 13.2 Å². The smallest absolute Gasteiger partial charge is 0.238 e. The summed E-state index contributed by atoms with van der Waals surface area (Å²) < 4.78 is 39.1. The van der Waals surface area contributed by atoms with E-state index in [-0.39, 0.29) is 6.54 Å². The summed E-state index contributed by atoms with van der Waals surface area (Å²) in [6.45, 7) is 0.300. The summed E-state index contributed by atoms with van der Waals surface area (Å²) in [7, 11) is 0. The number of carbonyl (C=O) groups is 1. The minimum absolute atomic E-state index is 0.104. The van der Waals surface area contributed by atoms with Gasteiger partial charge in [-0.05, 0) is 23.8 Å². The summed E-state index contributed by atoms with van der Waals surface area (Å²) in [6.07, 6.45) is 3.27. The fourth-order valence-corrected chi connectivity index (χ4v) is 1.64. The highest BCUT2D eigenvalue weighted by atomic mass is 19.2. The van der Waals surface area contributed by atoms with Crippen molar-refractivity contribution in [1.29, 1.82) is 0 Å². The van der Waals surface area contributed by atoms with Gasteiger partial charge in [0.05, 0.1) is 12.2 Å². The molecule has 110 valence electrons. The molecule has 2 rings (SSSR count). The van der Waals surface area contributed by atoms with Crippen molar-refractivity contribution in [3.63, 3.8) is 0 Å². The minimum atomic E-state index is -1.61. The molecule has 0 saturated carbocycles. The Morgan fingerprint density at radius 1 is 1.14 bits per heavy atom. The first-order chi connectivity index (χ1) is 10.1. The highest BCUT2D eigenvalue weighted by molar-refractivity contribution is 5.92. The number of anilines is 1. The molecular formula is C14H12F3N3O. The standard InChI is InChI=1S/C14H12F3N3O/c15-10-3-4-11(14(17)13(10)16)20-12(21)8-19-7-9-2-1-5-18-6-9/h1-6,19H,7-8H2,(H,20,21). The topological polar surface area (TPSA) is 54.0 Å². The maximum atomic E-state index is 13.4. The highest BCUT2D eigenvalue weighted by Gasteiger charge is 2.14. The van der Waals surface area contributed by atoms with E-state index < -0.39 is 29.0 Å². The fraction of sp³-hybridized carbons (Fsp3) is 0.143. The first-order valence-corrected chi connectivity index (χ1v) is 6.11. The Balaban J connectivity index is 1.86. The first-order valence-electron chi connectivity index (χ1n) is 6.11. The summed E-state index contributed by atoms with van der Waals surface area (Å²) in [5, 5.41) is 4.99. The van der Waals surface area contributed by atoms with E-state index in [1.165, 1.54) is 0 Å². The molecule has 0 atom stereocenters. The molecule has 0 fully saturated rings. The van der Waals surface area contributed by atoms with Crippen molar-refractivity contribution in [3.8, 4) is 0 Å². The Morgan fingerprint density at radius 3 is 2.67 bits per heavy atom. The summed E-state index contributed by atoms with van der Waals surface area (Å²) in [4.78, 5) is 15.5. The Bertz CT molecular complexity index is 635. The lowest BCUT2D eigenvalue weighted by molar-refractivity contribution is -0.115. The van der Waals surface area contributed by atoms with E-state index in [9.17, 15) is 18.0 Å². The Kier molecular flexibility index (Phi) is 4.89.